The fourth-order valence-corrected chi connectivity index (χ4v) is 1.65. The molecule has 1 amide bonds. The Morgan fingerprint density at radius 2 is 2.25 bits per heavy atom. The number of hydrogen-bond acceptors (Lipinski definition) is 4. The van der Waals surface area contributed by atoms with E-state index < -0.39 is 17.9 Å². The van der Waals surface area contributed by atoms with E-state index in [2.05, 4.69) is 5.32 Å². The maximum absolute atomic E-state index is 12.0. The van der Waals surface area contributed by atoms with Crippen molar-refractivity contribution in [3.63, 3.8) is 0 Å². The summed E-state index contributed by atoms with van der Waals surface area (Å²) in [4.78, 5) is 23.0. The van der Waals surface area contributed by atoms with Crippen LogP contribution in [0.5, 0.6) is 0 Å². The molecule has 6 nitrogen and oxygen atoms in total. The first-order chi connectivity index (χ1) is 9.58. The van der Waals surface area contributed by atoms with Crippen LogP contribution in [0.15, 0.2) is 24.3 Å². The fraction of sp³-hybridized carbons (Fsp3) is 0.357. The van der Waals surface area contributed by atoms with E-state index in [9.17, 15) is 9.59 Å². The van der Waals surface area contributed by atoms with Crippen molar-refractivity contribution in [2.24, 2.45) is 0 Å². The average molecular weight is 276 g/mol. The van der Waals surface area contributed by atoms with Gasteiger partial charge in [-0.2, -0.15) is 5.26 Å². The van der Waals surface area contributed by atoms with Gasteiger partial charge in [-0.25, -0.2) is 4.79 Å². The number of amides is 1. The fourth-order valence-electron chi connectivity index (χ4n) is 1.65. The molecule has 1 atom stereocenters. The first-order valence-electron chi connectivity index (χ1n) is 6.07. The molecule has 2 N–H and O–H groups in total. The molecule has 0 aromatic heterocycles. The second-order valence-electron chi connectivity index (χ2n) is 4.18. The molecule has 0 bridgehead atoms. The number of benzene rings is 1. The number of nitrogens with zero attached hydrogens (tertiary/aromatic N) is 1. The lowest BCUT2D eigenvalue weighted by Gasteiger charge is -2.14. The Morgan fingerprint density at radius 1 is 1.50 bits per heavy atom. The summed E-state index contributed by atoms with van der Waals surface area (Å²) in [5.41, 5.74) is 1.05. The second kappa shape index (κ2) is 7.92. The summed E-state index contributed by atoms with van der Waals surface area (Å²) < 4.78 is 4.81. The van der Waals surface area contributed by atoms with Crippen LogP contribution in [-0.2, 0) is 16.0 Å². The molecular formula is C14H16N2O4. The van der Waals surface area contributed by atoms with Crippen LogP contribution in [0, 0.1) is 11.3 Å². The second-order valence-corrected chi connectivity index (χ2v) is 4.18. The third-order valence-corrected chi connectivity index (χ3v) is 2.69. The van der Waals surface area contributed by atoms with Crippen molar-refractivity contribution in [1.82, 2.24) is 5.32 Å². The lowest BCUT2D eigenvalue weighted by molar-refractivity contribution is -0.139. The number of aliphatic carboxylic acids is 1. The van der Waals surface area contributed by atoms with Gasteiger partial charge in [0.15, 0.2) is 0 Å². The van der Waals surface area contributed by atoms with E-state index in [1.165, 1.54) is 7.11 Å². The van der Waals surface area contributed by atoms with Crippen LogP contribution in [0.1, 0.15) is 22.3 Å². The molecule has 0 saturated carbocycles. The molecule has 20 heavy (non-hydrogen) atoms. The molecule has 0 aliphatic heterocycles. The van der Waals surface area contributed by atoms with Crippen molar-refractivity contribution in [3.8, 4) is 6.07 Å². The zero-order chi connectivity index (χ0) is 15.0. The number of hydrogen-bond donors (Lipinski definition) is 2. The van der Waals surface area contributed by atoms with Crippen molar-refractivity contribution in [1.29, 1.82) is 5.26 Å². The number of carbonyl (C=O) groups excluding carboxylic acids is 1. The lowest BCUT2D eigenvalue weighted by Crippen LogP contribution is -2.41. The maximum atomic E-state index is 12.0. The van der Waals surface area contributed by atoms with Crippen LogP contribution in [0.3, 0.4) is 0 Å². The van der Waals surface area contributed by atoms with E-state index in [4.69, 9.17) is 15.1 Å². The predicted molar refractivity (Wildman–Crippen MR) is 71.1 cm³/mol. The van der Waals surface area contributed by atoms with Gasteiger partial charge < -0.3 is 15.2 Å². The van der Waals surface area contributed by atoms with E-state index in [1.54, 1.807) is 24.3 Å². The molecule has 1 aromatic carbocycles. The molecule has 1 unspecified atom stereocenters. The van der Waals surface area contributed by atoms with Gasteiger partial charge in [0.25, 0.3) is 5.91 Å². The number of rotatable bonds is 7. The first kappa shape index (κ1) is 15.7. The number of carbonyl (C=O) groups is 2. The van der Waals surface area contributed by atoms with Gasteiger partial charge in [-0.3, -0.25) is 4.79 Å². The van der Waals surface area contributed by atoms with E-state index in [-0.39, 0.29) is 19.4 Å². The zero-order valence-electron chi connectivity index (χ0n) is 11.1. The number of carboxylic acids is 1. The standard InChI is InChI=1S/C14H16N2O4/c1-20-8-6-12(14(18)19)16-13(17)11-4-2-3-10(9-11)5-7-15/h2-4,9,12H,5-6,8H2,1H3,(H,16,17)(H,18,19). The Labute approximate surface area is 117 Å². The minimum absolute atomic E-state index is 0.190. The Hall–Kier alpha value is -2.39. The molecule has 1 rings (SSSR count). The van der Waals surface area contributed by atoms with Crippen LogP contribution in [0.2, 0.25) is 0 Å². The van der Waals surface area contributed by atoms with E-state index >= 15 is 0 Å². The number of nitrogens with one attached hydrogen (secondary N) is 1. The van der Waals surface area contributed by atoms with E-state index in [1.807, 2.05) is 6.07 Å². The van der Waals surface area contributed by atoms with Crippen molar-refractivity contribution in [3.05, 3.63) is 35.4 Å². The van der Waals surface area contributed by atoms with Crippen molar-refractivity contribution < 1.29 is 19.4 Å². The van der Waals surface area contributed by atoms with E-state index in [0.29, 0.717) is 11.1 Å². The molecule has 1 aromatic rings. The highest BCUT2D eigenvalue weighted by molar-refractivity contribution is 5.96. The minimum Gasteiger partial charge on any atom is -0.480 e. The van der Waals surface area contributed by atoms with Crippen LogP contribution in [-0.4, -0.2) is 36.7 Å². The molecule has 0 spiro atoms. The molecule has 0 aliphatic rings. The third-order valence-electron chi connectivity index (χ3n) is 2.69. The summed E-state index contributed by atoms with van der Waals surface area (Å²) in [6, 6.07) is 7.54. The van der Waals surface area contributed by atoms with Crippen LogP contribution < -0.4 is 5.32 Å². The van der Waals surface area contributed by atoms with Gasteiger partial charge in [-0.15, -0.1) is 0 Å². The van der Waals surface area contributed by atoms with Gasteiger partial charge in [0, 0.05) is 25.7 Å². The lowest BCUT2D eigenvalue weighted by atomic mass is 10.1. The highest BCUT2D eigenvalue weighted by Gasteiger charge is 2.20. The SMILES string of the molecule is COCCC(NC(=O)c1cccc(CC#N)c1)C(=O)O. The van der Waals surface area contributed by atoms with Crippen molar-refractivity contribution >= 4 is 11.9 Å². The van der Waals surface area contributed by atoms with Gasteiger partial charge in [0.1, 0.15) is 6.04 Å². The molecule has 0 aliphatic carbocycles. The molecule has 0 saturated heterocycles. The highest BCUT2D eigenvalue weighted by atomic mass is 16.5. The smallest absolute Gasteiger partial charge is 0.326 e. The van der Waals surface area contributed by atoms with Gasteiger partial charge >= 0.3 is 5.97 Å². The highest BCUT2D eigenvalue weighted by Crippen LogP contribution is 2.07. The third kappa shape index (κ3) is 4.71. The Bertz CT molecular complexity index is 522. The minimum atomic E-state index is -1.11. The molecule has 106 valence electrons. The van der Waals surface area contributed by atoms with Gasteiger partial charge in [-0.05, 0) is 17.7 Å². The Kier molecular flexibility index (Phi) is 6.20. The van der Waals surface area contributed by atoms with E-state index in [0.717, 1.165) is 0 Å². The quantitative estimate of drug-likeness (QED) is 0.773. The maximum Gasteiger partial charge on any atom is 0.326 e. The van der Waals surface area contributed by atoms with Crippen molar-refractivity contribution in [2.45, 2.75) is 18.9 Å². The monoisotopic (exact) mass is 276 g/mol. The number of carboxylic acid groups (broad SMARTS) is 1. The predicted octanol–water partition coefficient (Wildman–Crippen LogP) is 0.972. The molecular weight excluding hydrogens is 260 g/mol. The zero-order valence-corrected chi connectivity index (χ0v) is 11.1. The van der Waals surface area contributed by atoms with Gasteiger partial charge in [0.2, 0.25) is 0 Å². The summed E-state index contributed by atoms with van der Waals surface area (Å²) in [7, 11) is 1.46. The van der Waals surface area contributed by atoms with Gasteiger partial charge in [0.05, 0.1) is 12.5 Å². The molecule has 0 heterocycles. The van der Waals surface area contributed by atoms with Crippen LogP contribution in [0.25, 0.3) is 0 Å². The van der Waals surface area contributed by atoms with Gasteiger partial charge in [-0.1, -0.05) is 12.1 Å². The number of nitriles is 1. The topological polar surface area (TPSA) is 99.4 Å². The first-order valence-corrected chi connectivity index (χ1v) is 6.07. The Morgan fingerprint density at radius 3 is 2.85 bits per heavy atom. The largest absolute Gasteiger partial charge is 0.480 e. The van der Waals surface area contributed by atoms with Crippen LogP contribution >= 0.6 is 0 Å². The summed E-state index contributed by atoms with van der Waals surface area (Å²) in [6.45, 7) is 0.242. The summed E-state index contributed by atoms with van der Waals surface area (Å²) in [5, 5.41) is 20.1. The van der Waals surface area contributed by atoms with Crippen LogP contribution in [0.4, 0.5) is 0 Å². The molecule has 6 heteroatoms. The molecule has 0 fully saturated rings. The molecule has 0 radical (unpaired) electrons. The summed E-state index contributed by atoms with van der Waals surface area (Å²) >= 11 is 0. The summed E-state index contributed by atoms with van der Waals surface area (Å²) in [6.07, 6.45) is 0.391. The summed E-state index contributed by atoms with van der Waals surface area (Å²) in [5.74, 6) is -1.59. The average Bonchev–Trinajstić information content (AvgIpc) is 2.43. The number of methoxy groups -OCH3 is 1. The van der Waals surface area contributed by atoms with Crippen molar-refractivity contribution in [2.75, 3.05) is 13.7 Å². The normalized spacial score (nSPS) is 11.4. The number of ether oxygens (including phenoxy) is 1. The Balaban J connectivity index is 2.75.